The van der Waals surface area contributed by atoms with Crippen LogP contribution in [0.4, 0.5) is 4.39 Å². The number of amides is 1. The second kappa shape index (κ2) is 13.5. The van der Waals surface area contributed by atoms with E-state index in [1.54, 1.807) is 12.3 Å². The zero-order valence-corrected chi connectivity index (χ0v) is 25.2. The number of halogens is 1. The maximum absolute atomic E-state index is 13.9. The molecule has 0 spiro atoms. The highest BCUT2D eigenvalue weighted by atomic mass is 19.1. The first-order valence-corrected chi connectivity index (χ1v) is 14.7. The zero-order chi connectivity index (χ0) is 30.6. The minimum absolute atomic E-state index is 0.102. The van der Waals surface area contributed by atoms with Crippen LogP contribution in [0.3, 0.4) is 0 Å². The van der Waals surface area contributed by atoms with Crippen LogP contribution in [0.5, 0.6) is 0 Å². The molecule has 2 heterocycles. The SMILES string of the molecule is Cc1cc(=O)n(C(CC(C)C)C(=O)N[C@@H](CC(=O)O)c2cccc(-c3c(C)cccc3C)c2)cc1CCN1CC(F)C1. The predicted molar refractivity (Wildman–Crippen MR) is 163 cm³/mol. The van der Waals surface area contributed by atoms with Gasteiger partial charge in [-0.3, -0.25) is 19.3 Å². The van der Waals surface area contributed by atoms with Gasteiger partial charge in [-0.1, -0.05) is 50.2 Å². The maximum atomic E-state index is 13.9. The number of nitrogens with one attached hydrogen (secondary N) is 1. The molecule has 1 amide bonds. The molecular weight excluding hydrogens is 533 g/mol. The van der Waals surface area contributed by atoms with Gasteiger partial charge in [0.15, 0.2) is 0 Å². The average molecular weight is 576 g/mol. The highest BCUT2D eigenvalue weighted by molar-refractivity contribution is 5.82. The molecule has 0 bridgehead atoms. The van der Waals surface area contributed by atoms with E-state index in [-0.39, 0.29) is 17.9 Å². The monoisotopic (exact) mass is 575 g/mol. The number of alkyl halides is 1. The third-order valence-corrected chi connectivity index (χ3v) is 8.09. The number of carbonyl (C=O) groups is 2. The summed E-state index contributed by atoms with van der Waals surface area (Å²) in [6.07, 6.45) is 1.73. The smallest absolute Gasteiger partial charge is 0.305 e. The van der Waals surface area contributed by atoms with E-state index in [1.807, 2.05) is 82.0 Å². The quantitative estimate of drug-likeness (QED) is 0.295. The molecule has 1 unspecified atom stereocenters. The first-order chi connectivity index (χ1) is 19.9. The summed E-state index contributed by atoms with van der Waals surface area (Å²) in [6, 6.07) is 13.7. The Morgan fingerprint density at radius 3 is 2.31 bits per heavy atom. The number of aromatic nitrogens is 1. The van der Waals surface area contributed by atoms with Crippen LogP contribution in [0.15, 0.2) is 59.5 Å². The summed E-state index contributed by atoms with van der Waals surface area (Å²) in [4.78, 5) is 41.0. The van der Waals surface area contributed by atoms with Crippen molar-refractivity contribution < 1.29 is 19.1 Å². The molecule has 3 aromatic rings. The molecule has 1 saturated heterocycles. The number of hydrogen-bond donors (Lipinski definition) is 2. The van der Waals surface area contributed by atoms with Crippen molar-refractivity contribution in [3.05, 3.63) is 92.9 Å². The summed E-state index contributed by atoms with van der Waals surface area (Å²) in [5, 5.41) is 12.7. The van der Waals surface area contributed by atoms with Crippen molar-refractivity contribution in [2.75, 3.05) is 19.6 Å². The maximum Gasteiger partial charge on any atom is 0.305 e. The summed E-state index contributed by atoms with van der Waals surface area (Å²) < 4.78 is 14.8. The number of aryl methyl sites for hydroxylation is 3. The van der Waals surface area contributed by atoms with E-state index in [0.717, 1.165) is 33.4 Å². The molecule has 1 aromatic heterocycles. The molecule has 1 fully saturated rings. The standard InChI is InChI=1S/C34H42FN3O4/c1-21(2)14-30(38-18-27(24(5)15-31(38)39)12-13-37-19-28(35)20-37)34(42)36-29(17-32(40)41)25-10-7-11-26(16-25)33-22(3)8-6-9-23(33)4/h6-11,15-16,18,21,28-30H,12-14,17,19-20H2,1-5H3,(H,36,42)(H,40,41)/t29-,30?/m0/s1. The molecule has 1 aliphatic heterocycles. The molecule has 1 aliphatic rings. The lowest BCUT2D eigenvalue weighted by Gasteiger charge is -2.34. The second-order valence-corrected chi connectivity index (χ2v) is 12.0. The van der Waals surface area contributed by atoms with Gasteiger partial charge in [-0.2, -0.15) is 0 Å². The van der Waals surface area contributed by atoms with Gasteiger partial charge in [0.2, 0.25) is 5.91 Å². The molecule has 224 valence electrons. The lowest BCUT2D eigenvalue weighted by molar-refractivity contribution is -0.138. The molecule has 8 heteroatoms. The Morgan fingerprint density at radius 2 is 1.69 bits per heavy atom. The Bertz CT molecular complexity index is 1470. The summed E-state index contributed by atoms with van der Waals surface area (Å²) in [6.45, 7) is 11.4. The summed E-state index contributed by atoms with van der Waals surface area (Å²) in [7, 11) is 0. The first-order valence-electron chi connectivity index (χ1n) is 14.7. The van der Waals surface area contributed by atoms with Crippen molar-refractivity contribution in [1.29, 1.82) is 0 Å². The molecule has 2 aromatic carbocycles. The van der Waals surface area contributed by atoms with Crippen LogP contribution in [-0.2, 0) is 16.0 Å². The normalized spacial score (nSPS) is 15.3. The molecule has 2 atom stereocenters. The highest BCUT2D eigenvalue weighted by Gasteiger charge is 2.28. The van der Waals surface area contributed by atoms with Gasteiger partial charge in [-0.25, -0.2) is 4.39 Å². The zero-order valence-electron chi connectivity index (χ0n) is 25.2. The van der Waals surface area contributed by atoms with Crippen LogP contribution in [0, 0.1) is 26.7 Å². The van der Waals surface area contributed by atoms with E-state index in [0.29, 0.717) is 38.0 Å². The van der Waals surface area contributed by atoms with Gasteiger partial charge >= 0.3 is 5.97 Å². The van der Waals surface area contributed by atoms with E-state index in [2.05, 4.69) is 5.32 Å². The molecule has 2 N–H and O–H groups in total. The highest BCUT2D eigenvalue weighted by Crippen LogP contribution is 2.30. The van der Waals surface area contributed by atoms with Crippen molar-refractivity contribution in [2.45, 2.75) is 72.1 Å². The molecule has 42 heavy (non-hydrogen) atoms. The van der Waals surface area contributed by atoms with Crippen molar-refractivity contribution >= 4 is 11.9 Å². The number of carbonyl (C=O) groups excluding carboxylic acids is 1. The van der Waals surface area contributed by atoms with Gasteiger partial charge in [-0.15, -0.1) is 0 Å². The van der Waals surface area contributed by atoms with Crippen molar-refractivity contribution in [1.82, 2.24) is 14.8 Å². The van der Waals surface area contributed by atoms with Crippen LogP contribution in [0.1, 0.15) is 66.6 Å². The minimum Gasteiger partial charge on any atom is -0.481 e. The average Bonchev–Trinajstić information content (AvgIpc) is 2.89. The summed E-state index contributed by atoms with van der Waals surface area (Å²) >= 11 is 0. The van der Waals surface area contributed by atoms with Gasteiger partial charge in [0.05, 0.1) is 12.5 Å². The fourth-order valence-electron chi connectivity index (χ4n) is 5.83. The van der Waals surface area contributed by atoms with Crippen molar-refractivity contribution in [3.63, 3.8) is 0 Å². The number of rotatable bonds is 12. The van der Waals surface area contributed by atoms with E-state index in [1.165, 1.54) is 4.57 Å². The van der Waals surface area contributed by atoms with E-state index >= 15 is 0 Å². The molecular formula is C34H42FN3O4. The number of carboxylic acids is 1. The van der Waals surface area contributed by atoms with Crippen LogP contribution in [-0.4, -0.2) is 52.3 Å². The fraction of sp³-hybridized carbons (Fsp3) is 0.441. The van der Waals surface area contributed by atoms with Crippen molar-refractivity contribution in [2.24, 2.45) is 5.92 Å². The van der Waals surface area contributed by atoms with E-state index in [9.17, 15) is 23.9 Å². The van der Waals surface area contributed by atoms with Crippen molar-refractivity contribution in [3.8, 4) is 11.1 Å². The molecule has 0 radical (unpaired) electrons. The Kier molecular flexibility index (Phi) is 9.99. The Hall–Kier alpha value is -3.78. The first kappa shape index (κ1) is 31.2. The largest absolute Gasteiger partial charge is 0.481 e. The van der Waals surface area contributed by atoms with Crippen LogP contribution in [0.25, 0.3) is 11.1 Å². The molecule has 0 aliphatic carbocycles. The number of benzene rings is 2. The Balaban J connectivity index is 1.64. The number of hydrogen-bond acceptors (Lipinski definition) is 4. The van der Waals surface area contributed by atoms with Crippen LogP contribution < -0.4 is 10.9 Å². The number of carboxylic acid groups (broad SMARTS) is 1. The van der Waals surface area contributed by atoms with E-state index in [4.69, 9.17) is 0 Å². The van der Waals surface area contributed by atoms with Crippen LogP contribution >= 0.6 is 0 Å². The predicted octanol–water partition coefficient (Wildman–Crippen LogP) is 5.56. The lowest BCUT2D eigenvalue weighted by atomic mass is 9.92. The minimum atomic E-state index is -1.03. The fourth-order valence-corrected chi connectivity index (χ4v) is 5.83. The second-order valence-electron chi connectivity index (χ2n) is 12.0. The Morgan fingerprint density at radius 1 is 1.02 bits per heavy atom. The number of pyridine rings is 1. The molecule has 7 nitrogen and oxygen atoms in total. The number of nitrogens with zero attached hydrogens (tertiary/aromatic N) is 2. The topological polar surface area (TPSA) is 91.6 Å². The van der Waals surface area contributed by atoms with Gasteiger partial charge in [0, 0.05) is 31.9 Å². The number of aliphatic carboxylic acids is 1. The van der Waals surface area contributed by atoms with Gasteiger partial charge < -0.3 is 15.0 Å². The summed E-state index contributed by atoms with van der Waals surface area (Å²) in [5.41, 5.74) is 6.42. The van der Waals surface area contributed by atoms with E-state index < -0.39 is 30.1 Å². The van der Waals surface area contributed by atoms with Crippen LogP contribution in [0.2, 0.25) is 0 Å². The third-order valence-electron chi connectivity index (χ3n) is 8.09. The molecule has 0 saturated carbocycles. The third kappa shape index (κ3) is 7.53. The molecule has 4 rings (SSSR count). The number of likely N-dealkylation sites (tertiary alicyclic amines) is 1. The van der Waals surface area contributed by atoms with Gasteiger partial charge in [-0.05, 0) is 84.5 Å². The Labute approximate surface area is 247 Å². The summed E-state index contributed by atoms with van der Waals surface area (Å²) in [5.74, 6) is -1.33. The van der Waals surface area contributed by atoms with Gasteiger partial charge in [0.25, 0.3) is 5.56 Å². The van der Waals surface area contributed by atoms with Gasteiger partial charge in [0.1, 0.15) is 12.2 Å². The lowest BCUT2D eigenvalue weighted by Crippen LogP contribution is -2.49.